The molecule has 0 aliphatic rings. The van der Waals surface area contributed by atoms with Gasteiger partial charge in [-0.2, -0.15) is 0 Å². The van der Waals surface area contributed by atoms with Gasteiger partial charge in [0.1, 0.15) is 5.82 Å². The van der Waals surface area contributed by atoms with Crippen LogP contribution in [0.3, 0.4) is 0 Å². The molecule has 0 saturated heterocycles. The summed E-state index contributed by atoms with van der Waals surface area (Å²) in [6, 6.07) is 34.6. The molecule has 1 aromatic heterocycles. The van der Waals surface area contributed by atoms with Crippen LogP contribution in [0.25, 0.3) is 55.1 Å². The third-order valence-corrected chi connectivity index (χ3v) is 6.41. The van der Waals surface area contributed by atoms with E-state index in [1.807, 2.05) is 6.07 Å². The molecule has 0 fully saturated rings. The van der Waals surface area contributed by atoms with Crippen molar-refractivity contribution in [1.82, 2.24) is 9.55 Å². The molecule has 0 saturated carbocycles. The van der Waals surface area contributed by atoms with E-state index in [1.54, 1.807) is 0 Å². The molecule has 6 aromatic rings. The lowest BCUT2D eigenvalue weighted by atomic mass is 9.88. The standard InChI is InChI=1S/C29H22N2/c1-19-22-9-3-4-10-23(22)24-11-5-6-12-25(24)28(19)20-15-17-21(18-16-20)29-30-26-13-7-8-14-27(26)31(29)2/h3-18H,1-2H3. The Labute approximate surface area is 181 Å². The van der Waals surface area contributed by atoms with Gasteiger partial charge in [0.15, 0.2) is 0 Å². The topological polar surface area (TPSA) is 17.8 Å². The number of rotatable bonds is 2. The van der Waals surface area contributed by atoms with Gasteiger partial charge >= 0.3 is 0 Å². The lowest BCUT2D eigenvalue weighted by Crippen LogP contribution is -1.93. The highest BCUT2D eigenvalue weighted by Gasteiger charge is 2.14. The number of benzene rings is 5. The first kappa shape index (κ1) is 17.9. The molecule has 6 rings (SSSR count). The van der Waals surface area contributed by atoms with Crippen molar-refractivity contribution in [3.8, 4) is 22.5 Å². The van der Waals surface area contributed by atoms with E-state index in [2.05, 4.69) is 110 Å². The van der Waals surface area contributed by atoms with Crippen LogP contribution in [-0.2, 0) is 7.05 Å². The number of fused-ring (bicyclic) bond motifs is 4. The first-order valence-corrected chi connectivity index (χ1v) is 10.6. The summed E-state index contributed by atoms with van der Waals surface area (Å²) in [7, 11) is 2.08. The maximum Gasteiger partial charge on any atom is 0.140 e. The molecule has 0 unspecified atom stereocenters. The summed E-state index contributed by atoms with van der Waals surface area (Å²) in [5.41, 5.74) is 7.18. The Balaban J connectivity index is 1.55. The average molecular weight is 399 g/mol. The molecule has 2 heteroatoms. The molecule has 0 aliphatic heterocycles. The zero-order valence-corrected chi connectivity index (χ0v) is 17.6. The molecular formula is C29H22N2. The zero-order valence-electron chi connectivity index (χ0n) is 17.6. The van der Waals surface area contributed by atoms with E-state index in [9.17, 15) is 0 Å². The molecule has 0 spiro atoms. The van der Waals surface area contributed by atoms with E-state index in [-0.39, 0.29) is 0 Å². The number of aryl methyl sites for hydroxylation is 2. The highest BCUT2D eigenvalue weighted by Crippen LogP contribution is 2.39. The van der Waals surface area contributed by atoms with Crippen LogP contribution in [0.2, 0.25) is 0 Å². The maximum absolute atomic E-state index is 4.86. The fourth-order valence-electron chi connectivity index (χ4n) is 4.88. The van der Waals surface area contributed by atoms with Crippen molar-refractivity contribution in [3.63, 3.8) is 0 Å². The first-order chi connectivity index (χ1) is 15.2. The molecule has 0 bridgehead atoms. The highest BCUT2D eigenvalue weighted by molar-refractivity contribution is 6.15. The highest BCUT2D eigenvalue weighted by atomic mass is 15.1. The number of aromatic nitrogens is 2. The van der Waals surface area contributed by atoms with Crippen LogP contribution >= 0.6 is 0 Å². The number of hydrogen-bond donors (Lipinski definition) is 0. The van der Waals surface area contributed by atoms with Crippen molar-refractivity contribution >= 4 is 32.6 Å². The van der Waals surface area contributed by atoms with Crippen LogP contribution in [0, 0.1) is 6.92 Å². The molecule has 1 heterocycles. The first-order valence-electron chi connectivity index (χ1n) is 10.6. The Morgan fingerprint density at radius 3 is 1.84 bits per heavy atom. The van der Waals surface area contributed by atoms with E-state index >= 15 is 0 Å². The molecule has 0 amide bonds. The lowest BCUT2D eigenvalue weighted by Gasteiger charge is -2.15. The van der Waals surface area contributed by atoms with Crippen LogP contribution in [0.5, 0.6) is 0 Å². The summed E-state index contributed by atoms with van der Waals surface area (Å²) >= 11 is 0. The third-order valence-electron chi connectivity index (χ3n) is 6.41. The fourth-order valence-corrected chi connectivity index (χ4v) is 4.88. The van der Waals surface area contributed by atoms with Gasteiger partial charge in [-0.15, -0.1) is 0 Å². The third kappa shape index (κ3) is 2.69. The normalized spacial score (nSPS) is 11.5. The van der Waals surface area contributed by atoms with E-state index in [0.29, 0.717) is 0 Å². The minimum absolute atomic E-state index is 0.993. The Morgan fingerprint density at radius 1 is 0.581 bits per heavy atom. The molecular weight excluding hydrogens is 376 g/mol. The Kier molecular flexibility index (Phi) is 3.94. The summed E-state index contributed by atoms with van der Waals surface area (Å²) in [6.45, 7) is 2.24. The van der Waals surface area contributed by atoms with Crippen molar-refractivity contribution in [2.45, 2.75) is 6.92 Å². The number of nitrogens with zero attached hydrogens (tertiary/aromatic N) is 2. The largest absolute Gasteiger partial charge is 0.327 e. The predicted octanol–water partition coefficient (Wildman–Crippen LogP) is 7.52. The van der Waals surface area contributed by atoms with Gasteiger partial charge in [0.2, 0.25) is 0 Å². The second-order valence-corrected chi connectivity index (χ2v) is 8.15. The van der Waals surface area contributed by atoms with Gasteiger partial charge in [-0.3, -0.25) is 0 Å². The molecule has 0 atom stereocenters. The summed E-state index contributed by atoms with van der Waals surface area (Å²) in [5, 5.41) is 5.23. The molecule has 0 radical (unpaired) electrons. The van der Waals surface area contributed by atoms with Crippen LogP contribution < -0.4 is 0 Å². The van der Waals surface area contributed by atoms with Gasteiger partial charge in [0.05, 0.1) is 11.0 Å². The quantitative estimate of drug-likeness (QED) is 0.276. The maximum atomic E-state index is 4.86. The molecule has 5 aromatic carbocycles. The zero-order chi connectivity index (χ0) is 20.9. The molecule has 2 nitrogen and oxygen atoms in total. The van der Waals surface area contributed by atoms with Gasteiger partial charge in [-0.1, -0.05) is 84.9 Å². The van der Waals surface area contributed by atoms with Gasteiger partial charge in [-0.05, 0) is 57.3 Å². The monoisotopic (exact) mass is 398 g/mol. The molecule has 148 valence electrons. The van der Waals surface area contributed by atoms with Gasteiger partial charge < -0.3 is 4.57 Å². The van der Waals surface area contributed by atoms with Crippen molar-refractivity contribution < 1.29 is 0 Å². The summed E-state index contributed by atoms with van der Waals surface area (Å²) < 4.78 is 2.17. The second kappa shape index (κ2) is 6.82. The van der Waals surface area contributed by atoms with Crippen molar-refractivity contribution in [2.75, 3.05) is 0 Å². The second-order valence-electron chi connectivity index (χ2n) is 8.15. The number of para-hydroxylation sites is 2. The van der Waals surface area contributed by atoms with Crippen molar-refractivity contribution in [2.24, 2.45) is 7.05 Å². The van der Waals surface area contributed by atoms with Crippen molar-refractivity contribution in [1.29, 1.82) is 0 Å². The predicted molar refractivity (Wildman–Crippen MR) is 131 cm³/mol. The fraction of sp³-hybridized carbons (Fsp3) is 0.0690. The van der Waals surface area contributed by atoms with Gasteiger partial charge in [0.25, 0.3) is 0 Å². The Morgan fingerprint density at radius 2 is 1.13 bits per heavy atom. The van der Waals surface area contributed by atoms with Crippen LogP contribution in [-0.4, -0.2) is 9.55 Å². The van der Waals surface area contributed by atoms with E-state index in [1.165, 1.54) is 38.2 Å². The van der Waals surface area contributed by atoms with E-state index in [4.69, 9.17) is 4.98 Å². The Hall–Kier alpha value is -3.91. The van der Waals surface area contributed by atoms with Crippen LogP contribution in [0.4, 0.5) is 0 Å². The smallest absolute Gasteiger partial charge is 0.140 e. The van der Waals surface area contributed by atoms with Crippen LogP contribution in [0.15, 0.2) is 97.1 Å². The van der Waals surface area contributed by atoms with Crippen LogP contribution in [0.1, 0.15) is 5.56 Å². The minimum Gasteiger partial charge on any atom is -0.327 e. The summed E-state index contributed by atoms with van der Waals surface area (Å²) in [4.78, 5) is 4.86. The Bertz CT molecular complexity index is 1590. The minimum atomic E-state index is 0.993. The SMILES string of the molecule is Cc1c(-c2ccc(-c3nc4ccccc4n3C)cc2)c2ccccc2c2ccccc12. The van der Waals surface area contributed by atoms with Gasteiger partial charge in [-0.25, -0.2) is 4.98 Å². The lowest BCUT2D eigenvalue weighted by molar-refractivity contribution is 0.959. The van der Waals surface area contributed by atoms with Gasteiger partial charge in [0, 0.05) is 12.6 Å². The summed E-state index contributed by atoms with van der Waals surface area (Å²) in [6.07, 6.45) is 0. The average Bonchev–Trinajstić information content (AvgIpc) is 3.16. The number of hydrogen-bond acceptors (Lipinski definition) is 1. The number of imidazole rings is 1. The summed E-state index contributed by atoms with van der Waals surface area (Å²) in [5.74, 6) is 0.993. The molecule has 0 aliphatic carbocycles. The molecule has 0 N–H and O–H groups in total. The molecule has 31 heavy (non-hydrogen) atoms. The van der Waals surface area contributed by atoms with Crippen molar-refractivity contribution in [3.05, 3.63) is 103 Å². The van der Waals surface area contributed by atoms with E-state index in [0.717, 1.165) is 22.4 Å². The van der Waals surface area contributed by atoms with E-state index < -0.39 is 0 Å².